The Morgan fingerprint density at radius 2 is 1.95 bits per heavy atom. The van der Waals surface area contributed by atoms with Gasteiger partial charge >= 0.3 is 0 Å². The topological polar surface area (TPSA) is 12.0 Å². The lowest BCUT2D eigenvalue weighted by Crippen LogP contribution is -2.23. The Morgan fingerprint density at radius 3 is 2.62 bits per heavy atom. The highest BCUT2D eigenvalue weighted by Crippen LogP contribution is 2.28. The molecule has 21 heavy (non-hydrogen) atoms. The lowest BCUT2D eigenvalue weighted by atomic mass is 9.98. The highest BCUT2D eigenvalue weighted by molar-refractivity contribution is 9.10. The van der Waals surface area contributed by atoms with E-state index in [2.05, 4.69) is 21.2 Å². The van der Waals surface area contributed by atoms with E-state index >= 15 is 0 Å². The van der Waals surface area contributed by atoms with Crippen molar-refractivity contribution < 1.29 is 4.39 Å². The van der Waals surface area contributed by atoms with Gasteiger partial charge in [-0.3, -0.25) is 0 Å². The Labute approximate surface area is 142 Å². The average Bonchev–Trinajstić information content (AvgIpc) is 2.45. The molecule has 2 aromatic rings. The number of hydrogen-bond acceptors (Lipinski definition) is 1. The van der Waals surface area contributed by atoms with E-state index in [-0.39, 0.29) is 11.9 Å². The first-order valence-electron chi connectivity index (χ1n) is 6.63. The Bertz CT molecular complexity index is 634. The molecule has 0 aromatic heterocycles. The maximum atomic E-state index is 13.7. The minimum Gasteiger partial charge on any atom is -0.310 e. The highest BCUT2D eigenvalue weighted by atomic mass is 79.9. The highest BCUT2D eigenvalue weighted by Gasteiger charge is 2.15. The van der Waals surface area contributed by atoms with Crippen molar-refractivity contribution >= 4 is 39.1 Å². The predicted molar refractivity (Wildman–Crippen MR) is 90.7 cm³/mol. The van der Waals surface area contributed by atoms with Crippen molar-refractivity contribution in [3.05, 3.63) is 67.9 Å². The summed E-state index contributed by atoms with van der Waals surface area (Å²) in [6, 6.07) is 10.5. The van der Waals surface area contributed by atoms with Crippen LogP contribution < -0.4 is 5.32 Å². The zero-order chi connectivity index (χ0) is 15.4. The third-order valence-corrected chi connectivity index (χ3v) is 4.48. The second-order valence-corrected chi connectivity index (χ2v) is 6.42. The van der Waals surface area contributed by atoms with Crippen molar-refractivity contribution in [2.24, 2.45) is 0 Å². The second-order valence-electron chi connectivity index (χ2n) is 4.72. The van der Waals surface area contributed by atoms with E-state index in [0.717, 1.165) is 17.7 Å². The van der Waals surface area contributed by atoms with Crippen molar-refractivity contribution in [1.82, 2.24) is 5.32 Å². The normalized spacial score (nSPS) is 12.4. The maximum absolute atomic E-state index is 13.7. The van der Waals surface area contributed by atoms with Crippen molar-refractivity contribution in [2.45, 2.75) is 19.4 Å². The molecule has 0 bridgehead atoms. The van der Waals surface area contributed by atoms with E-state index in [1.807, 2.05) is 19.1 Å². The van der Waals surface area contributed by atoms with Crippen LogP contribution in [0.15, 0.2) is 40.9 Å². The Hall–Kier alpha value is -0.610. The van der Waals surface area contributed by atoms with E-state index < -0.39 is 0 Å². The van der Waals surface area contributed by atoms with Crippen LogP contribution in [0.1, 0.15) is 24.1 Å². The van der Waals surface area contributed by atoms with Gasteiger partial charge in [-0.25, -0.2) is 4.39 Å². The number of likely N-dealkylation sites (N-methyl/N-ethyl adjacent to an activating group) is 1. The van der Waals surface area contributed by atoms with E-state index in [1.54, 1.807) is 18.2 Å². The maximum Gasteiger partial charge on any atom is 0.137 e. The lowest BCUT2D eigenvalue weighted by molar-refractivity contribution is 0.542. The SMILES string of the molecule is CCNC(Cc1cc(Cl)ccc1Cl)c1ccc(Br)c(F)c1. The summed E-state index contributed by atoms with van der Waals surface area (Å²) in [6.07, 6.45) is 0.647. The number of benzene rings is 2. The van der Waals surface area contributed by atoms with Gasteiger partial charge in [0.15, 0.2) is 0 Å². The summed E-state index contributed by atoms with van der Waals surface area (Å²) in [5, 5.41) is 4.67. The molecule has 2 aromatic carbocycles. The van der Waals surface area contributed by atoms with Gasteiger partial charge in [-0.05, 0) is 70.4 Å². The first-order chi connectivity index (χ1) is 10.0. The van der Waals surface area contributed by atoms with Gasteiger partial charge in [0.05, 0.1) is 4.47 Å². The molecule has 1 N–H and O–H groups in total. The summed E-state index contributed by atoms with van der Waals surface area (Å²) in [4.78, 5) is 0. The van der Waals surface area contributed by atoms with Gasteiger partial charge in [-0.15, -0.1) is 0 Å². The molecule has 1 unspecified atom stereocenters. The first kappa shape index (κ1) is 16.8. The summed E-state index contributed by atoms with van der Waals surface area (Å²) in [5.41, 5.74) is 1.83. The third kappa shape index (κ3) is 4.43. The number of nitrogens with one attached hydrogen (secondary N) is 1. The average molecular weight is 391 g/mol. The molecular weight excluding hydrogens is 376 g/mol. The molecule has 0 aliphatic carbocycles. The fourth-order valence-electron chi connectivity index (χ4n) is 2.20. The van der Waals surface area contributed by atoms with E-state index in [4.69, 9.17) is 23.2 Å². The molecule has 1 atom stereocenters. The summed E-state index contributed by atoms with van der Waals surface area (Å²) in [7, 11) is 0. The first-order valence-corrected chi connectivity index (χ1v) is 8.18. The Kier molecular flexibility index (Phi) is 6.06. The van der Waals surface area contributed by atoms with Crippen molar-refractivity contribution in [1.29, 1.82) is 0 Å². The standard InChI is InChI=1S/C16H15BrCl2FN/c1-2-21-16(10-3-5-13(17)15(20)8-10)9-11-7-12(18)4-6-14(11)19/h3-8,16,21H,2,9H2,1H3. The molecule has 0 heterocycles. The monoisotopic (exact) mass is 389 g/mol. The predicted octanol–water partition coefficient (Wildman–Crippen LogP) is 5.79. The minimum atomic E-state index is -0.271. The van der Waals surface area contributed by atoms with Crippen LogP contribution in [-0.4, -0.2) is 6.54 Å². The molecule has 112 valence electrons. The third-order valence-electron chi connectivity index (χ3n) is 3.23. The van der Waals surface area contributed by atoms with Crippen LogP contribution in [0.2, 0.25) is 10.0 Å². The molecule has 5 heteroatoms. The zero-order valence-electron chi connectivity index (χ0n) is 11.5. The number of rotatable bonds is 5. The molecule has 0 amide bonds. The van der Waals surface area contributed by atoms with Crippen LogP contribution >= 0.6 is 39.1 Å². The van der Waals surface area contributed by atoms with Crippen LogP contribution in [-0.2, 0) is 6.42 Å². The van der Waals surface area contributed by atoms with E-state index in [0.29, 0.717) is 20.9 Å². The minimum absolute atomic E-state index is 0.0198. The van der Waals surface area contributed by atoms with Gasteiger partial charge in [0.25, 0.3) is 0 Å². The molecule has 0 aliphatic heterocycles. The quantitative estimate of drug-likeness (QED) is 0.681. The summed E-state index contributed by atoms with van der Waals surface area (Å²) >= 11 is 15.4. The van der Waals surface area contributed by atoms with E-state index in [1.165, 1.54) is 6.07 Å². The Morgan fingerprint density at radius 1 is 1.19 bits per heavy atom. The molecule has 0 saturated carbocycles. The zero-order valence-corrected chi connectivity index (χ0v) is 14.6. The van der Waals surface area contributed by atoms with Gasteiger partial charge in [0, 0.05) is 16.1 Å². The lowest BCUT2D eigenvalue weighted by Gasteiger charge is -2.19. The summed E-state index contributed by atoms with van der Waals surface area (Å²) < 4.78 is 14.2. The fraction of sp³-hybridized carbons (Fsp3) is 0.250. The largest absolute Gasteiger partial charge is 0.310 e. The molecule has 1 nitrogen and oxygen atoms in total. The molecule has 0 spiro atoms. The van der Waals surface area contributed by atoms with Crippen LogP contribution in [0, 0.1) is 5.82 Å². The number of halogens is 4. The van der Waals surface area contributed by atoms with Gasteiger partial charge in [0.1, 0.15) is 5.82 Å². The van der Waals surface area contributed by atoms with Gasteiger partial charge in [-0.2, -0.15) is 0 Å². The molecule has 0 aliphatic rings. The molecule has 0 fully saturated rings. The second kappa shape index (κ2) is 7.59. The fourth-order valence-corrected chi connectivity index (χ4v) is 2.84. The van der Waals surface area contributed by atoms with Gasteiger partial charge in [0.2, 0.25) is 0 Å². The summed E-state index contributed by atoms with van der Waals surface area (Å²) in [5.74, 6) is -0.271. The van der Waals surface area contributed by atoms with Crippen LogP contribution in [0.5, 0.6) is 0 Å². The molecule has 2 rings (SSSR count). The smallest absolute Gasteiger partial charge is 0.137 e. The van der Waals surface area contributed by atoms with Crippen molar-refractivity contribution in [3.63, 3.8) is 0 Å². The molecule has 0 saturated heterocycles. The summed E-state index contributed by atoms with van der Waals surface area (Å²) in [6.45, 7) is 2.79. The van der Waals surface area contributed by atoms with Crippen molar-refractivity contribution in [3.8, 4) is 0 Å². The number of hydrogen-bond donors (Lipinski definition) is 1. The molecular formula is C16H15BrCl2FN. The molecule has 0 radical (unpaired) electrons. The van der Waals surface area contributed by atoms with Crippen LogP contribution in [0.3, 0.4) is 0 Å². The van der Waals surface area contributed by atoms with Crippen LogP contribution in [0.4, 0.5) is 4.39 Å². The van der Waals surface area contributed by atoms with Crippen LogP contribution in [0.25, 0.3) is 0 Å². The Balaban J connectivity index is 2.30. The van der Waals surface area contributed by atoms with Gasteiger partial charge < -0.3 is 5.32 Å². The van der Waals surface area contributed by atoms with E-state index in [9.17, 15) is 4.39 Å². The van der Waals surface area contributed by atoms with Crippen molar-refractivity contribution in [2.75, 3.05) is 6.54 Å². The van der Waals surface area contributed by atoms with Gasteiger partial charge in [-0.1, -0.05) is 36.2 Å².